The highest BCUT2D eigenvalue weighted by molar-refractivity contribution is 7.80. The van der Waals surface area contributed by atoms with E-state index in [0.717, 1.165) is 12.1 Å². The lowest BCUT2D eigenvalue weighted by molar-refractivity contribution is 0.449. The molecule has 2 nitrogen and oxygen atoms in total. The molecule has 2 aromatic rings. The molecular formula is C13H7Cl2F3N2S. The van der Waals surface area contributed by atoms with E-state index in [1.165, 1.54) is 6.07 Å². The molecule has 0 spiro atoms. The first-order valence-corrected chi connectivity index (χ1v) is 6.71. The fourth-order valence-electron chi connectivity index (χ4n) is 1.48. The van der Waals surface area contributed by atoms with Gasteiger partial charge in [0.15, 0.2) is 22.6 Å². The van der Waals surface area contributed by atoms with E-state index >= 15 is 0 Å². The maximum Gasteiger partial charge on any atom is 0.196 e. The van der Waals surface area contributed by atoms with Gasteiger partial charge in [-0.15, -0.1) is 0 Å². The maximum absolute atomic E-state index is 13.5. The van der Waals surface area contributed by atoms with Gasteiger partial charge in [0, 0.05) is 5.69 Å². The highest BCUT2D eigenvalue weighted by atomic mass is 35.5. The smallest absolute Gasteiger partial charge is 0.196 e. The summed E-state index contributed by atoms with van der Waals surface area (Å²) in [6.07, 6.45) is 0. The molecule has 2 N–H and O–H groups in total. The molecule has 0 unspecified atom stereocenters. The molecule has 0 saturated heterocycles. The molecule has 2 aromatic carbocycles. The van der Waals surface area contributed by atoms with Crippen molar-refractivity contribution in [3.05, 3.63) is 57.8 Å². The van der Waals surface area contributed by atoms with Gasteiger partial charge in [-0.05, 0) is 42.5 Å². The molecule has 0 aliphatic heterocycles. The number of thiocarbonyl (C=S) groups is 1. The van der Waals surface area contributed by atoms with Gasteiger partial charge in [0.25, 0.3) is 0 Å². The van der Waals surface area contributed by atoms with Crippen LogP contribution >= 0.6 is 35.4 Å². The molecule has 0 bridgehead atoms. The lowest BCUT2D eigenvalue weighted by atomic mass is 10.3. The van der Waals surface area contributed by atoms with Crippen LogP contribution in [0.2, 0.25) is 10.0 Å². The first-order valence-electron chi connectivity index (χ1n) is 5.55. The van der Waals surface area contributed by atoms with Crippen molar-refractivity contribution in [2.75, 3.05) is 10.6 Å². The molecule has 2 rings (SSSR count). The highest BCUT2D eigenvalue weighted by Crippen LogP contribution is 2.25. The van der Waals surface area contributed by atoms with Crippen molar-refractivity contribution < 1.29 is 13.2 Å². The standard InChI is InChI=1S/C13H7Cl2F3N2S/c14-7-2-1-6(5-8(7)15)19-13(21)20-10-4-3-9(16)11(17)12(10)18/h1-5H,(H2,19,20,21). The number of rotatable bonds is 2. The monoisotopic (exact) mass is 350 g/mol. The van der Waals surface area contributed by atoms with Crippen LogP contribution in [0.5, 0.6) is 0 Å². The Labute approximate surface area is 133 Å². The number of hydrogen-bond acceptors (Lipinski definition) is 1. The van der Waals surface area contributed by atoms with Crippen molar-refractivity contribution in [1.82, 2.24) is 0 Å². The SMILES string of the molecule is Fc1ccc(NC(=S)Nc2ccc(Cl)c(Cl)c2)c(F)c1F. The molecule has 0 atom stereocenters. The van der Waals surface area contributed by atoms with Crippen LogP contribution in [0.1, 0.15) is 0 Å². The normalized spacial score (nSPS) is 10.3. The average molecular weight is 351 g/mol. The molecule has 21 heavy (non-hydrogen) atoms. The van der Waals surface area contributed by atoms with E-state index in [9.17, 15) is 13.2 Å². The van der Waals surface area contributed by atoms with Crippen molar-refractivity contribution in [1.29, 1.82) is 0 Å². The van der Waals surface area contributed by atoms with E-state index in [-0.39, 0.29) is 10.8 Å². The Morgan fingerprint density at radius 2 is 1.62 bits per heavy atom. The minimum Gasteiger partial charge on any atom is -0.332 e. The Bertz CT molecular complexity index is 710. The van der Waals surface area contributed by atoms with Crippen molar-refractivity contribution in [3.8, 4) is 0 Å². The summed E-state index contributed by atoms with van der Waals surface area (Å²) in [5.41, 5.74) is 0.219. The Morgan fingerprint density at radius 3 is 2.29 bits per heavy atom. The summed E-state index contributed by atoms with van der Waals surface area (Å²) in [6.45, 7) is 0. The zero-order valence-corrected chi connectivity index (χ0v) is 12.5. The quantitative estimate of drug-likeness (QED) is 0.573. The number of hydrogen-bond donors (Lipinski definition) is 2. The molecule has 0 fully saturated rings. The molecule has 0 heterocycles. The van der Waals surface area contributed by atoms with E-state index in [0.29, 0.717) is 15.7 Å². The fourth-order valence-corrected chi connectivity index (χ4v) is 2.01. The lowest BCUT2D eigenvalue weighted by Crippen LogP contribution is -2.20. The Kier molecular flexibility index (Phi) is 4.92. The van der Waals surface area contributed by atoms with Crippen molar-refractivity contribution in [2.24, 2.45) is 0 Å². The van der Waals surface area contributed by atoms with Crippen molar-refractivity contribution in [2.45, 2.75) is 0 Å². The van der Waals surface area contributed by atoms with Crippen LogP contribution in [0.3, 0.4) is 0 Å². The summed E-state index contributed by atoms with van der Waals surface area (Å²) in [7, 11) is 0. The van der Waals surface area contributed by atoms with Gasteiger partial charge in [-0.2, -0.15) is 0 Å². The Balaban J connectivity index is 2.12. The van der Waals surface area contributed by atoms with Gasteiger partial charge in [-0.3, -0.25) is 0 Å². The van der Waals surface area contributed by atoms with Crippen LogP contribution in [0.15, 0.2) is 30.3 Å². The van der Waals surface area contributed by atoms with Crippen LogP contribution < -0.4 is 10.6 Å². The largest absolute Gasteiger partial charge is 0.332 e. The fraction of sp³-hybridized carbons (Fsp3) is 0. The summed E-state index contributed by atoms with van der Waals surface area (Å²) in [5.74, 6) is -4.20. The molecular weight excluding hydrogens is 344 g/mol. The van der Waals surface area contributed by atoms with E-state index in [2.05, 4.69) is 10.6 Å². The molecule has 110 valence electrons. The second-order valence-electron chi connectivity index (χ2n) is 3.93. The summed E-state index contributed by atoms with van der Waals surface area (Å²) in [5, 5.41) is 5.80. The second kappa shape index (κ2) is 6.51. The molecule has 0 aliphatic carbocycles. The van der Waals surface area contributed by atoms with Gasteiger partial charge in [-0.25, -0.2) is 13.2 Å². The van der Waals surface area contributed by atoms with Gasteiger partial charge in [0.2, 0.25) is 0 Å². The molecule has 0 saturated carbocycles. The predicted molar refractivity (Wildman–Crippen MR) is 82.6 cm³/mol. The Morgan fingerprint density at radius 1 is 0.905 bits per heavy atom. The third kappa shape index (κ3) is 3.78. The molecule has 0 aliphatic rings. The van der Waals surface area contributed by atoms with Gasteiger partial charge in [0.1, 0.15) is 0 Å². The highest BCUT2D eigenvalue weighted by Gasteiger charge is 2.14. The number of benzene rings is 2. The number of nitrogens with one attached hydrogen (secondary N) is 2. The van der Waals surface area contributed by atoms with Crippen molar-refractivity contribution >= 4 is 51.9 Å². The lowest BCUT2D eigenvalue weighted by Gasteiger charge is -2.12. The van der Waals surface area contributed by atoms with Gasteiger partial charge >= 0.3 is 0 Å². The molecule has 0 amide bonds. The summed E-state index contributed by atoms with van der Waals surface area (Å²) < 4.78 is 39.4. The molecule has 8 heteroatoms. The minimum atomic E-state index is -1.57. The average Bonchev–Trinajstić information content (AvgIpc) is 2.44. The first kappa shape index (κ1) is 15.9. The predicted octanol–water partition coefficient (Wildman–Crippen LogP) is 5.22. The van der Waals surface area contributed by atoms with Gasteiger partial charge in [-0.1, -0.05) is 23.2 Å². The zero-order valence-electron chi connectivity index (χ0n) is 10.2. The maximum atomic E-state index is 13.5. The number of halogens is 5. The Hall–Kier alpha value is -1.50. The first-order chi connectivity index (χ1) is 9.88. The molecule has 0 radical (unpaired) electrons. The van der Waals surface area contributed by atoms with E-state index < -0.39 is 17.5 Å². The summed E-state index contributed by atoms with van der Waals surface area (Å²) in [4.78, 5) is 0. The topological polar surface area (TPSA) is 24.1 Å². The van der Waals surface area contributed by atoms with Crippen LogP contribution in [0.25, 0.3) is 0 Å². The minimum absolute atomic E-state index is 0.0155. The third-order valence-electron chi connectivity index (χ3n) is 2.46. The van der Waals surface area contributed by atoms with E-state index in [1.807, 2.05) is 0 Å². The molecule has 0 aromatic heterocycles. The van der Waals surface area contributed by atoms with Crippen molar-refractivity contribution in [3.63, 3.8) is 0 Å². The van der Waals surface area contributed by atoms with Crippen LogP contribution in [0.4, 0.5) is 24.5 Å². The van der Waals surface area contributed by atoms with Crippen LogP contribution in [-0.2, 0) is 0 Å². The zero-order chi connectivity index (χ0) is 15.6. The summed E-state index contributed by atoms with van der Waals surface area (Å²) in [6, 6.07) is 6.50. The third-order valence-corrected chi connectivity index (χ3v) is 3.40. The van der Waals surface area contributed by atoms with Gasteiger partial charge < -0.3 is 10.6 Å². The van der Waals surface area contributed by atoms with Crippen LogP contribution in [0, 0.1) is 17.5 Å². The van der Waals surface area contributed by atoms with Gasteiger partial charge in [0.05, 0.1) is 15.7 Å². The number of anilines is 2. The van der Waals surface area contributed by atoms with Crippen LogP contribution in [-0.4, -0.2) is 5.11 Å². The van der Waals surface area contributed by atoms with E-state index in [1.54, 1.807) is 12.1 Å². The van der Waals surface area contributed by atoms with E-state index in [4.69, 9.17) is 35.4 Å². The summed E-state index contributed by atoms with van der Waals surface area (Å²) >= 11 is 16.5. The second-order valence-corrected chi connectivity index (χ2v) is 5.15.